The maximum absolute atomic E-state index is 13.0. The smallest absolute Gasteiger partial charge is 0.256 e. The number of sulfonamides is 1. The van der Waals surface area contributed by atoms with Gasteiger partial charge in [-0.1, -0.05) is 31.0 Å². The lowest BCUT2D eigenvalue weighted by Crippen LogP contribution is -2.32. The van der Waals surface area contributed by atoms with E-state index in [1.165, 1.54) is 11.8 Å². The van der Waals surface area contributed by atoms with Crippen LogP contribution in [0, 0.1) is 0 Å². The summed E-state index contributed by atoms with van der Waals surface area (Å²) in [6.07, 6.45) is 5.83. The molecular weight excluding hydrogens is 380 g/mol. The zero-order valence-corrected chi connectivity index (χ0v) is 17.0. The number of benzene rings is 2. The Labute approximate surface area is 165 Å². The first-order valence-corrected chi connectivity index (χ1v) is 11.7. The Hall–Kier alpha value is -1.83. The minimum Gasteiger partial charge on any atom is -0.322 e. The van der Waals surface area contributed by atoms with Gasteiger partial charge in [-0.25, -0.2) is 8.42 Å². The summed E-state index contributed by atoms with van der Waals surface area (Å²) in [5, 5.41) is 2.83. The molecule has 0 radical (unpaired) electrons. The molecule has 1 fully saturated rings. The fourth-order valence-electron chi connectivity index (χ4n) is 3.20. The van der Waals surface area contributed by atoms with Crippen molar-refractivity contribution in [3.63, 3.8) is 0 Å². The van der Waals surface area contributed by atoms with Crippen LogP contribution in [0.4, 0.5) is 5.69 Å². The second-order valence-corrected chi connectivity index (χ2v) is 9.29. The first kappa shape index (κ1) is 19.9. The van der Waals surface area contributed by atoms with E-state index in [4.69, 9.17) is 0 Å². The number of carbonyl (C=O) groups is 1. The van der Waals surface area contributed by atoms with Gasteiger partial charge >= 0.3 is 0 Å². The van der Waals surface area contributed by atoms with Crippen LogP contribution in [0.3, 0.4) is 0 Å². The molecule has 1 aliphatic heterocycles. The summed E-state index contributed by atoms with van der Waals surface area (Å²) < 4.78 is 27.5. The predicted octanol–water partition coefficient (Wildman–Crippen LogP) is 4.23. The van der Waals surface area contributed by atoms with Gasteiger partial charge < -0.3 is 5.32 Å². The molecule has 144 valence electrons. The van der Waals surface area contributed by atoms with E-state index in [0.29, 0.717) is 24.3 Å². The first-order valence-electron chi connectivity index (χ1n) is 9.07. The minimum atomic E-state index is -3.54. The summed E-state index contributed by atoms with van der Waals surface area (Å²) in [6, 6.07) is 13.9. The molecule has 0 aromatic heterocycles. The number of nitrogens with one attached hydrogen (secondary N) is 1. The van der Waals surface area contributed by atoms with Crippen LogP contribution < -0.4 is 5.32 Å². The molecule has 1 saturated heterocycles. The van der Waals surface area contributed by atoms with Crippen LogP contribution in [0.15, 0.2) is 58.3 Å². The van der Waals surface area contributed by atoms with Crippen molar-refractivity contribution in [1.82, 2.24) is 4.31 Å². The van der Waals surface area contributed by atoms with Crippen LogP contribution in [-0.4, -0.2) is 38.0 Å². The van der Waals surface area contributed by atoms with Gasteiger partial charge in [-0.15, -0.1) is 11.8 Å². The SMILES string of the molecule is CSc1ccccc1C(=O)Nc1cccc(S(=O)(=O)N2CCCCCC2)c1. The summed E-state index contributed by atoms with van der Waals surface area (Å²) in [5.41, 5.74) is 1.05. The summed E-state index contributed by atoms with van der Waals surface area (Å²) in [7, 11) is -3.54. The van der Waals surface area contributed by atoms with Crippen molar-refractivity contribution in [3.8, 4) is 0 Å². The van der Waals surface area contributed by atoms with Crippen molar-refractivity contribution in [1.29, 1.82) is 0 Å². The summed E-state index contributed by atoms with van der Waals surface area (Å²) in [4.78, 5) is 13.7. The van der Waals surface area contributed by atoms with Crippen LogP contribution in [0.25, 0.3) is 0 Å². The van der Waals surface area contributed by atoms with E-state index in [2.05, 4.69) is 5.32 Å². The third kappa shape index (κ3) is 4.72. The largest absolute Gasteiger partial charge is 0.322 e. The average Bonchev–Trinajstić information content (AvgIpc) is 2.98. The number of carbonyl (C=O) groups excluding carboxylic acids is 1. The molecule has 0 unspecified atom stereocenters. The van der Waals surface area contributed by atoms with Crippen molar-refractivity contribution >= 4 is 33.4 Å². The Morgan fingerprint density at radius 3 is 2.41 bits per heavy atom. The highest BCUT2D eigenvalue weighted by atomic mass is 32.2. The van der Waals surface area contributed by atoms with Crippen LogP contribution >= 0.6 is 11.8 Å². The van der Waals surface area contributed by atoms with Gasteiger partial charge in [-0.05, 0) is 49.4 Å². The van der Waals surface area contributed by atoms with Crippen molar-refractivity contribution in [2.45, 2.75) is 35.5 Å². The van der Waals surface area contributed by atoms with Gasteiger partial charge in [-0.3, -0.25) is 4.79 Å². The van der Waals surface area contributed by atoms with Crippen molar-refractivity contribution in [2.24, 2.45) is 0 Å². The molecule has 27 heavy (non-hydrogen) atoms. The molecule has 0 saturated carbocycles. The van der Waals surface area contributed by atoms with E-state index in [0.717, 1.165) is 30.6 Å². The summed E-state index contributed by atoms with van der Waals surface area (Å²) in [6.45, 7) is 1.11. The van der Waals surface area contributed by atoms with Gasteiger partial charge in [-0.2, -0.15) is 4.31 Å². The Bertz CT molecular complexity index is 905. The number of nitrogens with zero attached hydrogens (tertiary/aromatic N) is 1. The van der Waals surface area contributed by atoms with Crippen molar-refractivity contribution < 1.29 is 13.2 Å². The topological polar surface area (TPSA) is 66.5 Å². The quantitative estimate of drug-likeness (QED) is 0.758. The van der Waals surface area contributed by atoms with E-state index in [1.807, 2.05) is 24.5 Å². The maximum atomic E-state index is 13.0. The van der Waals surface area contributed by atoms with E-state index in [9.17, 15) is 13.2 Å². The number of amides is 1. The molecule has 1 heterocycles. The van der Waals surface area contributed by atoms with E-state index in [-0.39, 0.29) is 10.8 Å². The fraction of sp³-hybridized carbons (Fsp3) is 0.350. The molecule has 5 nitrogen and oxygen atoms in total. The van der Waals surface area contributed by atoms with Crippen molar-refractivity contribution in [2.75, 3.05) is 24.7 Å². The molecule has 1 N–H and O–H groups in total. The summed E-state index contributed by atoms with van der Waals surface area (Å²) >= 11 is 1.50. The van der Waals surface area contributed by atoms with Gasteiger partial charge in [0.15, 0.2) is 0 Å². The second kappa shape index (κ2) is 8.91. The van der Waals surface area contributed by atoms with Gasteiger partial charge in [0.1, 0.15) is 0 Å². The van der Waals surface area contributed by atoms with Gasteiger partial charge in [0.05, 0.1) is 10.5 Å². The molecular formula is C20H24N2O3S2. The molecule has 7 heteroatoms. The molecule has 0 bridgehead atoms. The standard InChI is InChI=1S/C20H24N2O3S2/c1-26-19-12-5-4-11-18(19)20(23)21-16-9-8-10-17(15-16)27(24,25)22-13-6-2-3-7-14-22/h4-5,8-12,15H,2-3,6-7,13-14H2,1H3,(H,21,23). The van der Waals surface area contributed by atoms with E-state index >= 15 is 0 Å². The first-order chi connectivity index (χ1) is 13.0. The predicted molar refractivity (Wildman–Crippen MR) is 110 cm³/mol. The monoisotopic (exact) mass is 404 g/mol. The molecule has 2 aromatic carbocycles. The van der Waals surface area contributed by atoms with Crippen LogP contribution in [0.1, 0.15) is 36.0 Å². The van der Waals surface area contributed by atoms with Crippen LogP contribution in [0.5, 0.6) is 0 Å². The van der Waals surface area contributed by atoms with Crippen LogP contribution in [-0.2, 0) is 10.0 Å². The lowest BCUT2D eigenvalue weighted by atomic mass is 10.2. The average molecular weight is 405 g/mol. The maximum Gasteiger partial charge on any atom is 0.256 e. The highest BCUT2D eigenvalue weighted by Gasteiger charge is 2.25. The normalized spacial score (nSPS) is 15.9. The number of hydrogen-bond donors (Lipinski definition) is 1. The molecule has 1 aliphatic rings. The molecule has 3 rings (SSSR count). The number of hydrogen-bond acceptors (Lipinski definition) is 4. The molecule has 0 atom stereocenters. The van der Waals surface area contributed by atoms with Crippen molar-refractivity contribution in [3.05, 3.63) is 54.1 Å². The number of thioether (sulfide) groups is 1. The van der Waals surface area contributed by atoms with Crippen LogP contribution in [0.2, 0.25) is 0 Å². The zero-order valence-electron chi connectivity index (χ0n) is 15.3. The summed E-state index contributed by atoms with van der Waals surface area (Å²) in [5.74, 6) is -0.246. The highest BCUT2D eigenvalue weighted by Crippen LogP contribution is 2.24. The second-order valence-electron chi connectivity index (χ2n) is 6.50. The third-order valence-corrected chi connectivity index (χ3v) is 7.34. The highest BCUT2D eigenvalue weighted by molar-refractivity contribution is 7.98. The Morgan fingerprint density at radius 1 is 1.00 bits per heavy atom. The van der Waals surface area contributed by atoms with Gasteiger partial charge in [0.25, 0.3) is 5.91 Å². The minimum absolute atomic E-state index is 0.223. The fourth-order valence-corrected chi connectivity index (χ4v) is 5.35. The molecule has 0 aliphatic carbocycles. The lowest BCUT2D eigenvalue weighted by molar-refractivity contribution is 0.102. The lowest BCUT2D eigenvalue weighted by Gasteiger charge is -2.20. The van der Waals surface area contributed by atoms with E-state index in [1.54, 1.807) is 34.6 Å². The molecule has 2 aromatic rings. The molecule has 0 spiro atoms. The van der Waals surface area contributed by atoms with E-state index < -0.39 is 10.0 Å². The van der Waals surface area contributed by atoms with Gasteiger partial charge in [0, 0.05) is 23.7 Å². The molecule has 1 amide bonds. The third-order valence-electron chi connectivity index (χ3n) is 4.65. The zero-order chi connectivity index (χ0) is 19.3. The Balaban J connectivity index is 1.82. The van der Waals surface area contributed by atoms with Gasteiger partial charge in [0.2, 0.25) is 10.0 Å². The number of rotatable bonds is 5. The number of anilines is 1. The Morgan fingerprint density at radius 2 is 1.70 bits per heavy atom. The Kier molecular flexibility index (Phi) is 6.57.